The molecule has 0 radical (unpaired) electrons. The second-order valence-electron chi connectivity index (χ2n) is 3.05. The lowest BCUT2D eigenvalue weighted by molar-refractivity contribution is -0.143. The number of benzene rings is 1. The molecule has 0 aliphatic carbocycles. The molecular formula is C11H13BrO3. The fourth-order valence-electron chi connectivity index (χ4n) is 1.23. The molecule has 0 aromatic heterocycles. The molecule has 4 heteroatoms. The van der Waals surface area contributed by atoms with Crippen molar-refractivity contribution in [2.45, 2.75) is 19.8 Å². The van der Waals surface area contributed by atoms with E-state index in [4.69, 9.17) is 4.74 Å². The number of hydrogen-bond donors (Lipinski definition) is 1. The van der Waals surface area contributed by atoms with Crippen LogP contribution in [0, 0.1) is 0 Å². The topological polar surface area (TPSA) is 46.5 Å². The Hall–Kier alpha value is -1.03. The lowest BCUT2D eigenvalue weighted by Gasteiger charge is -2.05. The van der Waals surface area contributed by atoms with E-state index in [9.17, 15) is 9.90 Å². The van der Waals surface area contributed by atoms with Gasteiger partial charge >= 0.3 is 5.97 Å². The van der Waals surface area contributed by atoms with Crippen LogP contribution in [0.1, 0.15) is 18.9 Å². The summed E-state index contributed by atoms with van der Waals surface area (Å²) >= 11 is 3.22. The number of esters is 1. The number of phenols is 1. The number of aromatic hydroxyl groups is 1. The number of hydrogen-bond acceptors (Lipinski definition) is 3. The van der Waals surface area contributed by atoms with Crippen LogP contribution in [0.3, 0.4) is 0 Å². The Labute approximate surface area is 97.2 Å². The molecule has 15 heavy (non-hydrogen) atoms. The lowest BCUT2D eigenvalue weighted by atomic mass is 10.1. The Morgan fingerprint density at radius 2 is 2.27 bits per heavy atom. The highest BCUT2D eigenvalue weighted by atomic mass is 79.9. The van der Waals surface area contributed by atoms with Crippen LogP contribution in [-0.4, -0.2) is 17.7 Å². The summed E-state index contributed by atoms with van der Waals surface area (Å²) in [6.07, 6.45) is 0.780. The first kappa shape index (κ1) is 12.0. The first-order valence-corrected chi connectivity index (χ1v) is 5.56. The van der Waals surface area contributed by atoms with Crippen LogP contribution in [-0.2, 0) is 16.0 Å². The number of aryl methyl sites for hydroxylation is 1. The first-order chi connectivity index (χ1) is 7.15. The van der Waals surface area contributed by atoms with Crippen molar-refractivity contribution in [3.05, 3.63) is 28.2 Å². The smallest absolute Gasteiger partial charge is 0.306 e. The number of carbonyl (C=O) groups is 1. The molecule has 0 bridgehead atoms. The first-order valence-electron chi connectivity index (χ1n) is 4.77. The van der Waals surface area contributed by atoms with E-state index in [-0.39, 0.29) is 18.1 Å². The fraction of sp³-hybridized carbons (Fsp3) is 0.364. The zero-order chi connectivity index (χ0) is 11.3. The van der Waals surface area contributed by atoms with Crippen LogP contribution < -0.4 is 0 Å². The highest BCUT2D eigenvalue weighted by Crippen LogP contribution is 2.28. The largest absolute Gasteiger partial charge is 0.506 e. The summed E-state index contributed by atoms with van der Waals surface area (Å²) in [7, 11) is 0. The summed E-state index contributed by atoms with van der Waals surface area (Å²) < 4.78 is 5.44. The highest BCUT2D eigenvalue weighted by Gasteiger charge is 2.07. The maximum Gasteiger partial charge on any atom is 0.306 e. The van der Waals surface area contributed by atoms with Gasteiger partial charge in [0.05, 0.1) is 11.1 Å². The van der Waals surface area contributed by atoms with Crippen LogP contribution in [0.4, 0.5) is 0 Å². The summed E-state index contributed by atoms with van der Waals surface area (Å²) in [5.74, 6) is -0.0429. The lowest BCUT2D eigenvalue weighted by Crippen LogP contribution is -2.05. The molecule has 0 saturated carbocycles. The Morgan fingerprint density at radius 3 is 2.93 bits per heavy atom. The monoisotopic (exact) mass is 272 g/mol. The Morgan fingerprint density at radius 1 is 1.53 bits per heavy atom. The molecule has 3 nitrogen and oxygen atoms in total. The summed E-state index contributed by atoms with van der Waals surface area (Å²) in [4.78, 5) is 11.1. The third kappa shape index (κ3) is 3.55. The van der Waals surface area contributed by atoms with Gasteiger partial charge in [-0.05, 0) is 40.9 Å². The number of para-hydroxylation sites is 1. The van der Waals surface area contributed by atoms with Crippen LogP contribution in [0.5, 0.6) is 5.75 Å². The van der Waals surface area contributed by atoms with E-state index in [1.165, 1.54) is 0 Å². The number of ether oxygens (including phenoxy) is 1. The molecule has 82 valence electrons. The molecule has 0 spiro atoms. The summed E-state index contributed by atoms with van der Waals surface area (Å²) in [6, 6.07) is 5.37. The van der Waals surface area contributed by atoms with Gasteiger partial charge < -0.3 is 9.84 Å². The van der Waals surface area contributed by atoms with E-state index < -0.39 is 0 Å². The molecule has 1 N–H and O–H groups in total. The molecule has 0 aliphatic heterocycles. The zero-order valence-corrected chi connectivity index (χ0v) is 10.1. The Kier molecular flexibility index (Phi) is 4.62. The second-order valence-corrected chi connectivity index (χ2v) is 3.91. The zero-order valence-electron chi connectivity index (χ0n) is 8.50. The molecule has 1 aromatic rings. The van der Waals surface area contributed by atoms with Gasteiger partial charge in [-0.15, -0.1) is 0 Å². The summed E-state index contributed by atoms with van der Waals surface area (Å²) in [5.41, 5.74) is 0.748. The number of rotatable bonds is 4. The third-order valence-electron chi connectivity index (χ3n) is 1.97. The van der Waals surface area contributed by atoms with Gasteiger partial charge in [-0.2, -0.15) is 0 Å². The molecule has 0 unspecified atom stereocenters. The van der Waals surface area contributed by atoms with Crippen LogP contribution in [0.25, 0.3) is 0 Å². The standard InChI is InChI=1S/C11H13BrO3/c1-2-15-10(13)7-6-8-4-3-5-9(12)11(8)14/h3-5,14H,2,6-7H2,1H3. The molecule has 1 aromatic carbocycles. The van der Waals surface area contributed by atoms with Crippen molar-refractivity contribution < 1.29 is 14.6 Å². The van der Waals surface area contributed by atoms with Gasteiger partial charge in [0.25, 0.3) is 0 Å². The maximum absolute atomic E-state index is 11.1. The van der Waals surface area contributed by atoms with Crippen molar-refractivity contribution in [1.82, 2.24) is 0 Å². The minimum absolute atomic E-state index is 0.196. The molecule has 0 atom stereocenters. The van der Waals surface area contributed by atoms with Crippen molar-refractivity contribution in [3.63, 3.8) is 0 Å². The minimum Gasteiger partial charge on any atom is -0.506 e. The maximum atomic E-state index is 11.1. The van der Waals surface area contributed by atoms with E-state index in [0.29, 0.717) is 17.5 Å². The average molecular weight is 273 g/mol. The molecule has 1 rings (SSSR count). The van der Waals surface area contributed by atoms with Crippen LogP contribution in [0.2, 0.25) is 0 Å². The van der Waals surface area contributed by atoms with E-state index in [1.54, 1.807) is 19.1 Å². The molecule has 0 heterocycles. The van der Waals surface area contributed by atoms with Crippen molar-refractivity contribution in [3.8, 4) is 5.75 Å². The van der Waals surface area contributed by atoms with Gasteiger partial charge in [-0.3, -0.25) is 4.79 Å². The normalized spacial score (nSPS) is 10.0. The molecular weight excluding hydrogens is 260 g/mol. The van der Waals surface area contributed by atoms with Gasteiger partial charge in [0.1, 0.15) is 5.75 Å². The van der Waals surface area contributed by atoms with Gasteiger partial charge in [0.15, 0.2) is 0 Å². The van der Waals surface area contributed by atoms with Crippen LogP contribution >= 0.6 is 15.9 Å². The van der Waals surface area contributed by atoms with E-state index in [0.717, 1.165) is 5.56 Å². The predicted molar refractivity (Wildman–Crippen MR) is 60.8 cm³/mol. The fourth-order valence-corrected chi connectivity index (χ4v) is 1.64. The van der Waals surface area contributed by atoms with Crippen molar-refractivity contribution in [1.29, 1.82) is 0 Å². The SMILES string of the molecule is CCOC(=O)CCc1cccc(Br)c1O. The quantitative estimate of drug-likeness (QED) is 0.858. The Bertz CT molecular complexity index is 350. The van der Waals surface area contributed by atoms with Gasteiger partial charge in [0.2, 0.25) is 0 Å². The highest BCUT2D eigenvalue weighted by molar-refractivity contribution is 9.10. The van der Waals surface area contributed by atoms with Crippen molar-refractivity contribution >= 4 is 21.9 Å². The minimum atomic E-state index is -0.239. The van der Waals surface area contributed by atoms with Gasteiger partial charge in [-0.1, -0.05) is 12.1 Å². The van der Waals surface area contributed by atoms with Crippen molar-refractivity contribution in [2.24, 2.45) is 0 Å². The predicted octanol–water partition coefficient (Wildman–Crippen LogP) is 2.65. The average Bonchev–Trinajstić information content (AvgIpc) is 2.21. The van der Waals surface area contributed by atoms with Crippen LogP contribution in [0.15, 0.2) is 22.7 Å². The molecule has 0 fully saturated rings. The molecule has 0 amide bonds. The van der Waals surface area contributed by atoms with Crippen molar-refractivity contribution in [2.75, 3.05) is 6.61 Å². The third-order valence-corrected chi connectivity index (χ3v) is 2.61. The van der Waals surface area contributed by atoms with Gasteiger partial charge in [-0.25, -0.2) is 0 Å². The van der Waals surface area contributed by atoms with E-state index >= 15 is 0 Å². The number of phenolic OH excluding ortho intramolecular Hbond substituents is 1. The molecule has 0 aliphatic rings. The Balaban J connectivity index is 2.58. The second kappa shape index (κ2) is 5.75. The number of halogens is 1. The van der Waals surface area contributed by atoms with E-state index in [1.807, 2.05) is 6.07 Å². The molecule has 0 saturated heterocycles. The number of carbonyl (C=O) groups excluding carboxylic acids is 1. The summed E-state index contributed by atoms with van der Waals surface area (Å²) in [5, 5.41) is 9.64. The summed E-state index contributed by atoms with van der Waals surface area (Å²) in [6.45, 7) is 2.16. The van der Waals surface area contributed by atoms with E-state index in [2.05, 4.69) is 15.9 Å². The van der Waals surface area contributed by atoms with Gasteiger partial charge in [0, 0.05) is 6.42 Å².